The summed E-state index contributed by atoms with van der Waals surface area (Å²) in [6, 6.07) is 8.81. The predicted molar refractivity (Wildman–Crippen MR) is 128 cm³/mol. The van der Waals surface area contributed by atoms with Crippen LogP contribution in [0.4, 0.5) is 24.5 Å². The van der Waals surface area contributed by atoms with Crippen LogP contribution in [0.2, 0.25) is 0 Å². The molecule has 2 aromatic carbocycles. The number of nitrogens with zero attached hydrogens (tertiary/aromatic N) is 3. The van der Waals surface area contributed by atoms with Crippen molar-refractivity contribution in [3.05, 3.63) is 58.0 Å². The van der Waals surface area contributed by atoms with Crippen LogP contribution in [0.3, 0.4) is 0 Å². The summed E-state index contributed by atoms with van der Waals surface area (Å²) < 4.78 is 42.8. The van der Waals surface area contributed by atoms with Gasteiger partial charge in [-0.25, -0.2) is 4.79 Å². The molecule has 3 aromatic rings. The van der Waals surface area contributed by atoms with Crippen LogP contribution < -0.4 is 21.2 Å². The molecule has 3 N–H and O–H groups in total. The molecule has 0 saturated heterocycles. The van der Waals surface area contributed by atoms with Crippen LogP contribution in [0, 0.1) is 0 Å². The number of aromatic amines is 1. The number of amides is 2. The van der Waals surface area contributed by atoms with Crippen molar-refractivity contribution in [3.63, 3.8) is 0 Å². The summed E-state index contributed by atoms with van der Waals surface area (Å²) >= 11 is 0. The number of hydrogen-bond acceptors (Lipinski definition) is 4. The molecule has 188 valence electrons. The van der Waals surface area contributed by atoms with Gasteiger partial charge in [-0.05, 0) is 62.7 Å². The lowest BCUT2D eigenvalue weighted by Crippen LogP contribution is -2.39. The third kappa shape index (κ3) is 5.33. The van der Waals surface area contributed by atoms with Crippen molar-refractivity contribution in [1.82, 2.24) is 9.55 Å². The molecule has 0 spiro atoms. The van der Waals surface area contributed by atoms with Gasteiger partial charge in [-0.2, -0.15) is 13.2 Å². The molecule has 0 radical (unpaired) electrons. The molecule has 0 unspecified atom stereocenters. The monoisotopic (exact) mass is 491 g/mol. The smallest absolute Gasteiger partial charge is 0.372 e. The number of fused-ring (bicyclic) bond motifs is 1. The Morgan fingerprint density at radius 1 is 1.00 bits per heavy atom. The number of aryl methyl sites for hydroxylation is 1. The number of carbonyl (C=O) groups is 2. The van der Waals surface area contributed by atoms with Crippen LogP contribution in [0.15, 0.2) is 41.2 Å². The molecule has 8 nitrogen and oxygen atoms in total. The number of nitrogens with two attached hydrogens (primary N) is 1. The lowest BCUT2D eigenvalue weighted by Gasteiger charge is -2.25. The minimum Gasteiger partial charge on any atom is -0.372 e. The molecule has 0 fully saturated rings. The van der Waals surface area contributed by atoms with Crippen LogP contribution in [0.25, 0.3) is 11.0 Å². The lowest BCUT2D eigenvalue weighted by molar-refractivity contribution is -0.138. The second-order valence-electron chi connectivity index (χ2n) is 7.97. The number of rotatable bonds is 9. The second-order valence-corrected chi connectivity index (χ2v) is 7.97. The minimum atomic E-state index is -4.75. The molecule has 0 aliphatic heterocycles. The van der Waals surface area contributed by atoms with Gasteiger partial charge in [-0.15, -0.1) is 0 Å². The Kier molecular flexibility index (Phi) is 7.57. The summed E-state index contributed by atoms with van der Waals surface area (Å²) in [5.41, 5.74) is 4.85. The molecular weight excluding hydrogens is 463 g/mol. The molecule has 1 aromatic heterocycles. The SMILES string of the molecule is CCN(CC)c1ccc(N(CC(N)=O)C(=O)Cc2c(C(F)(F)F)ccc3[nH]c(=O)n(CC)c23)cc1. The number of hydrogen-bond donors (Lipinski definition) is 2. The maximum atomic E-state index is 13.9. The Morgan fingerprint density at radius 3 is 2.11 bits per heavy atom. The fourth-order valence-electron chi connectivity index (χ4n) is 4.23. The Hall–Kier alpha value is -3.76. The van der Waals surface area contributed by atoms with Gasteiger partial charge in [-0.3, -0.25) is 14.2 Å². The van der Waals surface area contributed by atoms with E-state index in [1.807, 2.05) is 13.8 Å². The van der Waals surface area contributed by atoms with E-state index in [0.29, 0.717) is 5.69 Å². The quantitative estimate of drug-likeness (QED) is 0.479. The van der Waals surface area contributed by atoms with Crippen LogP contribution >= 0.6 is 0 Å². The number of anilines is 2. The van der Waals surface area contributed by atoms with Gasteiger partial charge in [0.25, 0.3) is 0 Å². The zero-order chi connectivity index (χ0) is 25.9. The third-order valence-corrected chi connectivity index (χ3v) is 5.89. The average Bonchev–Trinajstić information content (AvgIpc) is 3.13. The van der Waals surface area contributed by atoms with Crippen molar-refractivity contribution in [1.29, 1.82) is 0 Å². The number of primary amides is 1. The van der Waals surface area contributed by atoms with Crippen molar-refractivity contribution < 1.29 is 22.8 Å². The third-order valence-electron chi connectivity index (χ3n) is 5.89. The van der Waals surface area contributed by atoms with Crippen molar-refractivity contribution in [3.8, 4) is 0 Å². The molecule has 0 atom stereocenters. The van der Waals surface area contributed by atoms with E-state index in [9.17, 15) is 27.6 Å². The highest BCUT2D eigenvalue weighted by Crippen LogP contribution is 2.36. The summed E-state index contributed by atoms with van der Waals surface area (Å²) in [7, 11) is 0. The van der Waals surface area contributed by atoms with Crippen molar-refractivity contribution in [2.24, 2.45) is 5.73 Å². The fraction of sp³-hybridized carbons (Fsp3) is 0.375. The van der Waals surface area contributed by atoms with E-state index in [1.165, 1.54) is 6.07 Å². The van der Waals surface area contributed by atoms with Gasteiger partial charge in [-0.1, -0.05) is 0 Å². The number of imidazole rings is 1. The number of aromatic nitrogens is 2. The van der Waals surface area contributed by atoms with Crippen LogP contribution in [-0.2, 0) is 28.7 Å². The first kappa shape index (κ1) is 25.9. The molecule has 0 saturated carbocycles. The number of carbonyl (C=O) groups excluding carboxylic acids is 2. The zero-order valence-corrected chi connectivity index (χ0v) is 19.8. The van der Waals surface area contributed by atoms with Crippen molar-refractivity contribution in [2.45, 2.75) is 39.9 Å². The van der Waals surface area contributed by atoms with E-state index in [4.69, 9.17) is 5.73 Å². The minimum absolute atomic E-state index is 0.0107. The zero-order valence-electron chi connectivity index (χ0n) is 19.8. The van der Waals surface area contributed by atoms with Crippen LogP contribution in [0.5, 0.6) is 0 Å². The summed E-state index contributed by atoms with van der Waals surface area (Å²) in [5, 5.41) is 0. The summed E-state index contributed by atoms with van der Waals surface area (Å²) in [6.07, 6.45) is -5.44. The van der Waals surface area contributed by atoms with E-state index in [2.05, 4.69) is 9.88 Å². The fourth-order valence-corrected chi connectivity index (χ4v) is 4.23. The van der Waals surface area contributed by atoms with E-state index >= 15 is 0 Å². The van der Waals surface area contributed by atoms with E-state index < -0.39 is 42.2 Å². The van der Waals surface area contributed by atoms with Crippen molar-refractivity contribution >= 4 is 34.2 Å². The Morgan fingerprint density at radius 2 is 1.60 bits per heavy atom. The van der Waals surface area contributed by atoms with Gasteiger partial charge in [0.15, 0.2) is 0 Å². The lowest BCUT2D eigenvalue weighted by atomic mass is 10.0. The highest BCUT2D eigenvalue weighted by Gasteiger charge is 2.36. The molecule has 35 heavy (non-hydrogen) atoms. The highest BCUT2D eigenvalue weighted by molar-refractivity contribution is 6.01. The van der Waals surface area contributed by atoms with Crippen LogP contribution in [-0.4, -0.2) is 41.0 Å². The normalized spacial score (nSPS) is 11.6. The molecule has 1 heterocycles. The molecule has 11 heteroatoms. The molecular formula is C24H28F3N5O3. The Bertz CT molecular complexity index is 1270. The molecule has 0 aliphatic rings. The predicted octanol–water partition coefficient (Wildman–Crippen LogP) is 3.28. The van der Waals surface area contributed by atoms with Gasteiger partial charge in [0.05, 0.1) is 23.0 Å². The summed E-state index contributed by atoms with van der Waals surface area (Å²) in [5.74, 6) is -1.57. The topological polar surface area (TPSA) is 104 Å². The maximum Gasteiger partial charge on any atom is 0.416 e. The van der Waals surface area contributed by atoms with Gasteiger partial charge in [0.2, 0.25) is 11.8 Å². The number of halogens is 3. The van der Waals surface area contributed by atoms with E-state index in [-0.39, 0.29) is 23.1 Å². The summed E-state index contributed by atoms with van der Waals surface area (Å²) in [6.45, 7) is 6.75. The molecule has 2 amide bonds. The standard InChI is InChI=1S/C24H28F3N5O3/c1-4-30(5-2)15-7-9-16(10-8-15)32(14-20(28)33)21(34)13-17-18(24(25,26)27)11-12-19-22(17)31(6-3)23(35)29-19/h7-12H,4-6,13-14H2,1-3H3,(H2,28,33)(H,29,35). The largest absolute Gasteiger partial charge is 0.416 e. The van der Waals surface area contributed by atoms with Gasteiger partial charge in [0, 0.05) is 31.0 Å². The van der Waals surface area contributed by atoms with Gasteiger partial charge < -0.3 is 20.5 Å². The maximum absolute atomic E-state index is 13.9. The Balaban J connectivity index is 2.09. The Labute approximate surface area is 200 Å². The number of H-pyrrole nitrogens is 1. The molecule has 3 rings (SSSR count). The van der Waals surface area contributed by atoms with Crippen molar-refractivity contribution in [2.75, 3.05) is 29.4 Å². The molecule has 0 bridgehead atoms. The summed E-state index contributed by atoms with van der Waals surface area (Å²) in [4.78, 5) is 43.0. The first-order valence-electron chi connectivity index (χ1n) is 11.3. The average molecular weight is 492 g/mol. The van der Waals surface area contributed by atoms with Gasteiger partial charge >= 0.3 is 11.9 Å². The van der Waals surface area contributed by atoms with E-state index in [1.54, 1.807) is 31.2 Å². The van der Waals surface area contributed by atoms with Gasteiger partial charge in [0.1, 0.15) is 6.54 Å². The highest BCUT2D eigenvalue weighted by atomic mass is 19.4. The van der Waals surface area contributed by atoms with E-state index in [0.717, 1.165) is 34.3 Å². The molecule has 0 aliphatic carbocycles. The number of alkyl halides is 3. The first-order chi connectivity index (χ1) is 16.5. The van der Waals surface area contributed by atoms with Crippen LogP contribution in [0.1, 0.15) is 31.9 Å². The number of benzene rings is 2. The second kappa shape index (κ2) is 10.2. The first-order valence-corrected chi connectivity index (χ1v) is 11.3. The number of nitrogens with one attached hydrogen (secondary N) is 1.